The number of rotatable bonds is 2. The Morgan fingerprint density at radius 1 is 1.17 bits per heavy atom. The van der Waals surface area contributed by atoms with Crippen molar-refractivity contribution >= 4 is 18.7 Å². The van der Waals surface area contributed by atoms with Crippen molar-refractivity contribution in [2.24, 2.45) is 0 Å². The molecule has 1 aromatic rings. The summed E-state index contributed by atoms with van der Waals surface area (Å²) in [5.41, 5.74) is 0. The minimum absolute atomic E-state index is 0.341. The maximum atomic E-state index is 11.3. The maximum absolute atomic E-state index is 11.3. The lowest BCUT2D eigenvalue weighted by atomic mass is 10.4. The summed E-state index contributed by atoms with van der Waals surface area (Å²) in [5, 5.41) is 1.56. The second-order valence-corrected chi connectivity index (χ2v) is 8.08. The lowest BCUT2D eigenvalue weighted by molar-refractivity contribution is -0.110. The smallest absolute Gasteiger partial charge is 0.156 e. The first-order chi connectivity index (χ1) is 5.55. The lowest BCUT2D eigenvalue weighted by Crippen LogP contribution is -2.48. The van der Waals surface area contributed by atoms with Crippen molar-refractivity contribution in [1.29, 1.82) is 0 Å². The number of hydrogen-bond donors (Lipinski definition) is 0. The second-order valence-electron chi connectivity index (χ2n) is 3.55. The van der Waals surface area contributed by atoms with Gasteiger partial charge in [-0.1, -0.05) is 48.6 Å². The largest absolute Gasteiger partial charge is 0.305 e. The molecule has 0 amide bonds. The van der Waals surface area contributed by atoms with Crippen LogP contribution < -0.4 is 5.19 Å². The van der Waals surface area contributed by atoms with Crippen LogP contribution in [0, 0.1) is 0 Å². The molecular weight excluding hydrogens is 164 g/mol. The molecular formula is C10H14OSi. The van der Waals surface area contributed by atoms with Gasteiger partial charge in [0, 0.05) is 0 Å². The fourth-order valence-electron chi connectivity index (χ4n) is 1.06. The molecule has 0 N–H and O–H groups in total. The van der Waals surface area contributed by atoms with Gasteiger partial charge in [-0.3, -0.25) is 0 Å². The van der Waals surface area contributed by atoms with Crippen molar-refractivity contribution in [1.82, 2.24) is 0 Å². The highest BCUT2D eigenvalue weighted by atomic mass is 28.3. The average molecular weight is 178 g/mol. The topological polar surface area (TPSA) is 17.1 Å². The van der Waals surface area contributed by atoms with Gasteiger partial charge in [-0.2, -0.15) is 0 Å². The van der Waals surface area contributed by atoms with E-state index in [1.165, 1.54) is 5.19 Å². The van der Waals surface area contributed by atoms with E-state index in [-0.39, 0.29) is 0 Å². The normalized spacial score (nSPS) is 11.2. The number of carbonyl (C=O) groups excluding carboxylic acids is 1. The Bertz CT molecular complexity index is 277. The molecule has 1 nitrogen and oxygen atoms in total. The third-order valence-corrected chi connectivity index (χ3v) is 5.91. The first-order valence-electron chi connectivity index (χ1n) is 4.11. The van der Waals surface area contributed by atoms with Gasteiger partial charge < -0.3 is 4.79 Å². The first-order valence-corrected chi connectivity index (χ1v) is 7.11. The van der Waals surface area contributed by atoms with Gasteiger partial charge in [0.1, 0.15) is 5.41 Å². The van der Waals surface area contributed by atoms with Crippen LogP contribution in [0.25, 0.3) is 0 Å². The predicted octanol–water partition coefficient (Wildman–Crippen LogP) is 1.73. The molecule has 0 aromatic heterocycles. The molecule has 64 valence electrons. The molecule has 1 rings (SSSR count). The van der Waals surface area contributed by atoms with E-state index in [0.29, 0.717) is 5.41 Å². The predicted molar refractivity (Wildman–Crippen MR) is 54.2 cm³/mol. The van der Waals surface area contributed by atoms with Crippen molar-refractivity contribution in [2.45, 2.75) is 20.0 Å². The molecule has 0 radical (unpaired) electrons. The van der Waals surface area contributed by atoms with Crippen LogP contribution in [-0.4, -0.2) is 13.5 Å². The molecule has 0 aliphatic carbocycles. The molecule has 12 heavy (non-hydrogen) atoms. The van der Waals surface area contributed by atoms with Crippen LogP contribution in [0.3, 0.4) is 0 Å². The number of carbonyl (C=O) groups is 1. The Hall–Kier alpha value is -0.893. The Morgan fingerprint density at radius 3 is 2.08 bits per heavy atom. The standard InChI is InChI=1S/C10H14OSi/c1-9(11)12(2,3)10-7-5-4-6-8-10/h4-8H,1-3H3. The van der Waals surface area contributed by atoms with Gasteiger partial charge in [-0.25, -0.2) is 0 Å². The lowest BCUT2D eigenvalue weighted by Gasteiger charge is -2.18. The van der Waals surface area contributed by atoms with Gasteiger partial charge in [-0.15, -0.1) is 0 Å². The van der Waals surface area contributed by atoms with Gasteiger partial charge in [0.05, 0.1) is 0 Å². The van der Waals surface area contributed by atoms with E-state index in [4.69, 9.17) is 0 Å². The molecule has 1 aromatic carbocycles. The highest BCUT2D eigenvalue weighted by Crippen LogP contribution is 2.03. The zero-order valence-electron chi connectivity index (χ0n) is 7.79. The van der Waals surface area contributed by atoms with Crippen molar-refractivity contribution < 1.29 is 4.79 Å². The summed E-state index contributed by atoms with van der Waals surface area (Å²) in [6.07, 6.45) is 0. The zero-order chi connectivity index (χ0) is 9.19. The van der Waals surface area contributed by atoms with Gasteiger partial charge in [-0.05, 0) is 6.92 Å². The quantitative estimate of drug-likeness (QED) is 0.630. The van der Waals surface area contributed by atoms with E-state index in [1.807, 2.05) is 30.3 Å². The van der Waals surface area contributed by atoms with Crippen LogP contribution in [0.1, 0.15) is 6.92 Å². The molecule has 0 saturated heterocycles. The Balaban J connectivity index is 3.06. The molecule has 0 unspecified atom stereocenters. The van der Waals surface area contributed by atoms with Crippen molar-refractivity contribution in [3.05, 3.63) is 30.3 Å². The van der Waals surface area contributed by atoms with Crippen molar-refractivity contribution in [2.75, 3.05) is 0 Å². The Labute approximate surface area is 74.4 Å². The minimum atomic E-state index is -1.80. The Morgan fingerprint density at radius 2 is 1.67 bits per heavy atom. The fourth-order valence-corrected chi connectivity index (χ4v) is 2.49. The monoisotopic (exact) mass is 178 g/mol. The van der Waals surface area contributed by atoms with Crippen molar-refractivity contribution in [3.8, 4) is 0 Å². The summed E-state index contributed by atoms with van der Waals surface area (Å²) in [5.74, 6) is 0. The van der Waals surface area contributed by atoms with Crippen LogP contribution in [0.15, 0.2) is 30.3 Å². The molecule has 0 bridgehead atoms. The SMILES string of the molecule is CC(=O)[Si](C)(C)c1ccccc1. The van der Waals surface area contributed by atoms with E-state index < -0.39 is 8.07 Å². The number of hydrogen-bond acceptors (Lipinski definition) is 1. The molecule has 0 heterocycles. The molecule has 0 fully saturated rings. The summed E-state index contributed by atoms with van der Waals surface area (Å²) < 4.78 is 0. The first kappa shape index (κ1) is 9.20. The van der Waals surface area contributed by atoms with E-state index in [1.54, 1.807) is 6.92 Å². The number of benzene rings is 1. The molecule has 0 spiro atoms. The fraction of sp³-hybridized carbons (Fsp3) is 0.300. The Kier molecular flexibility index (Phi) is 2.48. The van der Waals surface area contributed by atoms with Crippen LogP contribution in [0.5, 0.6) is 0 Å². The maximum Gasteiger partial charge on any atom is 0.156 e. The van der Waals surface area contributed by atoms with E-state index >= 15 is 0 Å². The van der Waals surface area contributed by atoms with Crippen molar-refractivity contribution in [3.63, 3.8) is 0 Å². The summed E-state index contributed by atoms with van der Waals surface area (Å²) in [7, 11) is -1.80. The molecule has 0 aliphatic rings. The van der Waals surface area contributed by atoms with Gasteiger partial charge in [0.2, 0.25) is 0 Å². The van der Waals surface area contributed by atoms with Gasteiger partial charge in [0.15, 0.2) is 8.07 Å². The van der Waals surface area contributed by atoms with E-state index in [0.717, 1.165) is 0 Å². The van der Waals surface area contributed by atoms with Crippen LogP contribution in [0.4, 0.5) is 0 Å². The highest BCUT2D eigenvalue weighted by molar-refractivity contribution is 7.12. The third-order valence-electron chi connectivity index (χ3n) is 2.38. The molecule has 0 atom stereocenters. The summed E-state index contributed by atoms with van der Waals surface area (Å²) >= 11 is 0. The summed E-state index contributed by atoms with van der Waals surface area (Å²) in [6.45, 7) is 5.87. The molecule has 0 saturated carbocycles. The van der Waals surface area contributed by atoms with Crippen LogP contribution >= 0.6 is 0 Å². The van der Waals surface area contributed by atoms with Gasteiger partial charge in [0.25, 0.3) is 0 Å². The van der Waals surface area contributed by atoms with E-state index in [2.05, 4.69) is 13.1 Å². The summed E-state index contributed by atoms with van der Waals surface area (Å²) in [6, 6.07) is 10.1. The minimum Gasteiger partial charge on any atom is -0.305 e. The van der Waals surface area contributed by atoms with E-state index in [9.17, 15) is 4.79 Å². The van der Waals surface area contributed by atoms with Gasteiger partial charge >= 0.3 is 0 Å². The highest BCUT2D eigenvalue weighted by Gasteiger charge is 2.28. The summed E-state index contributed by atoms with van der Waals surface area (Å²) in [4.78, 5) is 11.3. The molecule has 2 heteroatoms. The zero-order valence-corrected chi connectivity index (χ0v) is 8.79. The molecule has 0 aliphatic heterocycles. The van der Waals surface area contributed by atoms with Crippen LogP contribution in [0.2, 0.25) is 13.1 Å². The van der Waals surface area contributed by atoms with Crippen LogP contribution in [-0.2, 0) is 4.79 Å². The third kappa shape index (κ3) is 1.64. The average Bonchev–Trinajstić information content (AvgIpc) is 2.06. The second kappa shape index (κ2) is 3.23.